The molecule has 1 aliphatic carbocycles. The number of rotatable bonds is 7. The Bertz CT molecular complexity index is 1150. The predicted molar refractivity (Wildman–Crippen MR) is 139 cm³/mol. The zero-order valence-electron chi connectivity index (χ0n) is 20.8. The van der Waals surface area contributed by atoms with Crippen LogP contribution in [0.4, 0.5) is 17.5 Å². The minimum Gasteiger partial charge on any atom is -0.365 e. The number of hydrogen-bond donors (Lipinski definition) is 3. The summed E-state index contributed by atoms with van der Waals surface area (Å²) in [5.41, 5.74) is 8.48. The molecular weight excluding hydrogens is 422 g/mol. The Balaban J connectivity index is 1.62. The summed E-state index contributed by atoms with van der Waals surface area (Å²) >= 11 is 0. The van der Waals surface area contributed by atoms with E-state index in [1.165, 1.54) is 0 Å². The van der Waals surface area contributed by atoms with Gasteiger partial charge in [0, 0.05) is 22.9 Å². The lowest BCUT2D eigenvalue weighted by Crippen LogP contribution is -2.55. The van der Waals surface area contributed by atoms with Crippen molar-refractivity contribution in [1.29, 1.82) is 0 Å². The summed E-state index contributed by atoms with van der Waals surface area (Å²) in [4.78, 5) is 22.6. The predicted octanol–water partition coefficient (Wildman–Crippen LogP) is 5.83. The van der Waals surface area contributed by atoms with Crippen LogP contribution in [0.3, 0.4) is 0 Å². The maximum Gasteiger partial charge on any atom is 0.229 e. The number of ketones is 1. The minimum atomic E-state index is -0.848. The molecule has 0 atom stereocenters. The summed E-state index contributed by atoms with van der Waals surface area (Å²) in [6, 6.07) is 20.1. The molecular formula is C28H35N5O. The van der Waals surface area contributed by atoms with Gasteiger partial charge in [0.15, 0.2) is 5.78 Å². The van der Waals surface area contributed by atoms with Crippen molar-refractivity contribution in [3.8, 4) is 11.3 Å². The zero-order chi connectivity index (χ0) is 24.6. The van der Waals surface area contributed by atoms with E-state index >= 15 is 0 Å². The van der Waals surface area contributed by atoms with Gasteiger partial charge < -0.3 is 16.4 Å². The number of nitrogens with one attached hydrogen (secondary N) is 2. The largest absolute Gasteiger partial charge is 0.365 e. The van der Waals surface area contributed by atoms with Crippen LogP contribution < -0.4 is 16.4 Å². The normalized spacial score (nSPS) is 15.4. The first-order chi connectivity index (χ1) is 16.0. The van der Waals surface area contributed by atoms with Crippen LogP contribution in [0.2, 0.25) is 0 Å². The summed E-state index contributed by atoms with van der Waals surface area (Å²) in [6.07, 6.45) is 2.75. The molecule has 0 aliphatic heterocycles. The second-order valence-electron chi connectivity index (χ2n) is 10.9. The molecule has 2 aromatic carbocycles. The van der Waals surface area contributed by atoms with Gasteiger partial charge in [0.2, 0.25) is 5.95 Å². The number of benzene rings is 2. The smallest absolute Gasteiger partial charge is 0.229 e. The Labute approximate surface area is 202 Å². The highest BCUT2D eigenvalue weighted by atomic mass is 16.1. The Kier molecular flexibility index (Phi) is 6.21. The first-order valence-corrected chi connectivity index (χ1v) is 11.9. The molecule has 0 radical (unpaired) electrons. The van der Waals surface area contributed by atoms with Gasteiger partial charge in [-0.05, 0) is 65.2 Å². The molecule has 4 rings (SSSR count). The average molecular weight is 458 g/mol. The highest BCUT2D eigenvalue weighted by molar-refractivity contribution is 5.98. The lowest BCUT2D eigenvalue weighted by atomic mass is 9.59. The van der Waals surface area contributed by atoms with Crippen LogP contribution in [0.15, 0.2) is 60.7 Å². The van der Waals surface area contributed by atoms with Gasteiger partial charge in [-0.15, -0.1) is 0 Å². The van der Waals surface area contributed by atoms with Crippen LogP contribution in [0.5, 0.6) is 0 Å². The Morgan fingerprint density at radius 1 is 0.941 bits per heavy atom. The fraction of sp³-hybridized carbons (Fsp3) is 0.393. The summed E-state index contributed by atoms with van der Waals surface area (Å²) in [7, 11) is 0. The van der Waals surface area contributed by atoms with Gasteiger partial charge in [-0.1, -0.05) is 48.9 Å². The maximum atomic E-state index is 13.1. The van der Waals surface area contributed by atoms with Crippen LogP contribution in [0.1, 0.15) is 59.4 Å². The first-order valence-electron chi connectivity index (χ1n) is 11.9. The first kappa shape index (κ1) is 23.9. The zero-order valence-corrected chi connectivity index (χ0v) is 20.8. The molecule has 3 aromatic rings. The lowest BCUT2D eigenvalue weighted by Gasteiger charge is -2.44. The number of Topliss-reactive ketones (excluding diaryl/α,β-unsaturated/α-hetero) is 1. The minimum absolute atomic E-state index is 0.115. The van der Waals surface area contributed by atoms with Crippen molar-refractivity contribution in [2.45, 2.75) is 70.4 Å². The molecule has 0 spiro atoms. The Morgan fingerprint density at radius 3 is 2.12 bits per heavy atom. The van der Waals surface area contributed by atoms with Gasteiger partial charge in [0.05, 0.1) is 16.6 Å². The van der Waals surface area contributed by atoms with Crippen molar-refractivity contribution >= 4 is 23.2 Å². The van der Waals surface area contributed by atoms with E-state index in [2.05, 4.69) is 31.4 Å². The van der Waals surface area contributed by atoms with Crippen LogP contribution in [-0.4, -0.2) is 26.8 Å². The SMILES string of the molecule is CC(C)(C)Nc1cc(-c2ccccc2)nc(Nc2ccc(C3(C(=O)C(C)(C)N)CCC3)cc2)n1. The molecule has 6 nitrogen and oxygen atoms in total. The molecule has 1 saturated carbocycles. The van der Waals surface area contributed by atoms with E-state index < -0.39 is 11.0 Å². The second kappa shape index (κ2) is 8.84. The summed E-state index contributed by atoms with van der Waals surface area (Å²) in [5.74, 6) is 1.38. The van der Waals surface area contributed by atoms with Crippen molar-refractivity contribution in [3.05, 3.63) is 66.2 Å². The molecule has 1 heterocycles. The Morgan fingerprint density at radius 2 is 1.59 bits per heavy atom. The van der Waals surface area contributed by atoms with Gasteiger partial charge in [-0.3, -0.25) is 4.79 Å². The van der Waals surface area contributed by atoms with Crippen molar-refractivity contribution in [2.24, 2.45) is 5.73 Å². The van der Waals surface area contributed by atoms with E-state index in [1.807, 2.05) is 60.7 Å². The lowest BCUT2D eigenvalue weighted by molar-refractivity contribution is -0.132. The molecule has 0 amide bonds. The van der Waals surface area contributed by atoms with Crippen molar-refractivity contribution < 1.29 is 4.79 Å². The van der Waals surface area contributed by atoms with Crippen LogP contribution in [-0.2, 0) is 10.2 Å². The van der Waals surface area contributed by atoms with Gasteiger partial charge in [0.25, 0.3) is 0 Å². The molecule has 1 fully saturated rings. The van der Waals surface area contributed by atoms with Crippen molar-refractivity contribution in [2.75, 3.05) is 10.6 Å². The fourth-order valence-electron chi connectivity index (χ4n) is 4.50. The number of hydrogen-bond acceptors (Lipinski definition) is 6. The summed E-state index contributed by atoms with van der Waals surface area (Å²) in [5, 5.41) is 6.79. The van der Waals surface area contributed by atoms with Crippen molar-refractivity contribution in [3.63, 3.8) is 0 Å². The third-order valence-electron chi connectivity index (χ3n) is 6.22. The quantitative estimate of drug-likeness (QED) is 0.414. The highest BCUT2D eigenvalue weighted by Crippen LogP contribution is 2.46. The molecule has 1 aliphatic rings. The van der Waals surface area contributed by atoms with Gasteiger partial charge in [-0.25, -0.2) is 4.98 Å². The van der Waals surface area contributed by atoms with E-state index in [0.717, 1.165) is 47.6 Å². The molecule has 0 unspecified atom stereocenters. The van der Waals surface area contributed by atoms with E-state index in [4.69, 9.17) is 15.7 Å². The summed E-state index contributed by atoms with van der Waals surface area (Å²) < 4.78 is 0. The van der Waals surface area contributed by atoms with Gasteiger partial charge >= 0.3 is 0 Å². The van der Waals surface area contributed by atoms with Crippen molar-refractivity contribution in [1.82, 2.24) is 9.97 Å². The third-order valence-corrected chi connectivity index (χ3v) is 6.22. The molecule has 178 valence electrons. The van der Waals surface area contributed by atoms with E-state index in [1.54, 1.807) is 13.8 Å². The van der Waals surface area contributed by atoms with Crippen LogP contribution in [0.25, 0.3) is 11.3 Å². The monoisotopic (exact) mass is 457 g/mol. The fourth-order valence-corrected chi connectivity index (χ4v) is 4.50. The Hall–Kier alpha value is -3.25. The standard InChI is InChI=1S/C28H35N5O/c1-26(2,3)33-23-18-22(19-10-7-6-8-11-19)31-25(32-23)30-21-14-12-20(13-15-21)28(16-9-17-28)24(34)27(4,5)29/h6-8,10-15,18H,9,16-17,29H2,1-5H3,(H2,30,31,32,33). The number of carbonyl (C=O) groups is 1. The van der Waals surface area contributed by atoms with E-state index in [0.29, 0.717) is 5.95 Å². The molecule has 34 heavy (non-hydrogen) atoms. The molecule has 6 heteroatoms. The topological polar surface area (TPSA) is 92.9 Å². The maximum absolute atomic E-state index is 13.1. The third kappa shape index (κ3) is 5.12. The van der Waals surface area contributed by atoms with E-state index in [-0.39, 0.29) is 11.3 Å². The number of nitrogens with two attached hydrogens (primary N) is 1. The number of aromatic nitrogens is 2. The number of anilines is 3. The van der Waals surface area contributed by atoms with E-state index in [9.17, 15) is 4.79 Å². The van der Waals surface area contributed by atoms with Crippen LogP contribution >= 0.6 is 0 Å². The summed E-state index contributed by atoms with van der Waals surface area (Å²) in [6.45, 7) is 9.90. The van der Waals surface area contributed by atoms with Crippen LogP contribution in [0, 0.1) is 0 Å². The van der Waals surface area contributed by atoms with Gasteiger partial charge in [-0.2, -0.15) is 4.98 Å². The molecule has 0 bridgehead atoms. The second-order valence-corrected chi connectivity index (χ2v) is 10.9. The number of carbonyl (C=O) groups excluding carboxylic acids is 1. The highest BCUT2D eigenvalue weighted by Gasteiger charge is 2.49. The number of nitrogens with zero attached hydrogens (tertiary/aromatic N) is 2. The van der Waals surface area contributed by atoms with Gasteiger partial charge in [0.1, 0.15) is 5.82 Å². The molecule has 4 N–H and O–H groups in total. The molecule has 0 saturated heterocycles. The average Bonchev–Trinajstić information content (AvgIpc) is 2.73. The molecule has 1 aromatic heterocycles.